The summed E-state index contributed by atoms with van der Waals surface area (Å²) in [5.74, 6) is 1.28. The molecule has 0 aliphatic rings. The molecule has 1 amide bonds. The van der Waals surface area contributed by atoms with E-state index in [4.69, 9.17) is 19.9 Å². The maximum atomic E-state index is 11.9. The molecule has 164 valence electrons. The lowest BCUT2D eigenvalue weighted by molar-refractivity contribution is 0.137. The van der Waals surface area contributed by atoms with Crippen LogP contribution in [0.4, 0.5) is 4.79 Å². The number of nitrogens with one attached hydrogen (secondary N) is 1. The highest BCUT2D eigenvalue weighted by Gasteiger charge is 2.10. The van der Waals surface area contributed by atoms with Crippen LogP contribution in [0.15, 0.2) is 72.8 Å². The van der Waals surface area contributed by atoms with Gasteiger partial charge in [-0.1, -0.05) is 42.5 Å². The van der Waals surface area contributed by atoms with Crippen LogP contribution in [-0.4, -0.2) is 32.4 Å². The summed E-state index contributed by atoms with van der Waals surface area (Å²) in [6.45, 7) is 1.55. The van der Waals surface area contributed by atoms with Gasteiger partial charge in [-0.05, 0) is 41.5 Å². The Morgan fingerprint density at radius 2 is 1.81 bits per heavy atom. The summed E-state index contributed by atoms with van der Waals surface area (Å²) in [4.78, 5) is 11.9. The van der Waals surface area contributed by atoms with Crippen molar-refractivity contribution < 1.29 is 19.0 Å². The first kappa shape index (κ1) is 22.7. The van der Waals surface area contributed by atoms with E-state index in [1.807, 2.05) is 54.6 Å². The molecule has 0 unspecified atom stereocenters. The van der Waals surface area contributed by atoms with Gasteiger partial charge in [0.05, 0.1) is 18.2 Å². The summed E-state index contributed by atoms with van der Waals surface area (Å²) in [7, 11) is 0. The summed E-state index contributed by atoms with van der Waals surface area (Å²) < 4.78 is 16.7. The first-order valence-electron chi connectivity index (χ1n) is 10.2. The van der Waals surface area contributed by atoms with Gasteiger partial charge < -0.3 is 25.3 Å². The van der Waals surface area contributed by atoms with E-state index in [2.05, 4.69) is 11.4 Å². The molecule has 3 aromatic carbocycles. The molecule has 32 heavy (non-hydrogen) atoms. The minimum atomic E-state index is -0.512. The minimum Gasteiger partial charge on any atom is -0.492 e. The van der Waals surface area contributed by atoms with Crippen LogP contribution in [0.2, 0.25) is 0 Å². The number of carbonyl (C=O) groups excluding carboxylic acids is 1. The summed E-state index contributed by atoms with van der Waals surface area (Å²) >= 11 is 0. The monoisotopic (exact) mass is 431 g/mol. The van der Waals surface area contributed by atoms with E-state index in [-0.39, 0.29) is 19.8 Å². The lowest BCUT2D eigenvalue weighted by atomic mass is 10.0. The highest BCUT2D eigenvalue weighted by Crippen LogP contribution is 2.33. The second kappa shape index (κ2) is 12.0. The maximum absolute atomic E-state index is 11.9. The number of carbonyl (C=O) groups is 1. The number of alkyl carbamates (subject to hydrolysis) is 1. The Balaban J connectivity index is 1.58. The number of rotatable bonds is 10. The molecule has 0 aromatic heterocycles. The van der Waals surface area contributed by atoms with E-state index in [1.165, 1.54) is 0 Å². The minimum absolute atomic E-state index is 0.204. The van der Waals surface area contributed by atoms with Crippen LogP contribution in [0.3, 0.4) is 0 Å². The predicted octanol–water partition coefficient (Wildman–Crippen LogP) is 3.87. The van der Waals surface area contributed by atoms with Crippen LogP contribution in [0, 0.1) is 11.3 Å². The number of nitriles is 1. The third kappa shape index (κ3) is 6.76. The average molecular weight is 431 g/mol. The van der Waals surface area contributed by atoms with Gasteiger partial charge in [0.15, 0.2) is 0 Å². The van der Waals surface area contributed by atoms with Crippen LogP contribution < -0.4 is 20.5 Å². The number of nitrogens with two attached hydrogens (primary N) is 1. The molecule has 0 saturated carbocycles. The molecule has 0 heterocycles. The summed E-state index contributed by atoms with van der Waals surface area (Å²) in [5, 5.41) is 12.0. The largest absolute Gasteiger partial charge is 0.492 e. The van der Waals surface area contributed by atoms with Crippen LogP contribution in [-0.2, 0) is 11.3 Å². The van der Waals surface area contributed by atoms with Crippen molar-refractivity contribution >= 4 is 6.09 Å². The Bertz CT molecular complexity index is 1060. The van der Waals surface area contributed by atoms with E-state index < -0.39 is 6.09 Å². The van der Waals surface area contributed by atoms with Crippen molar-refractivity contribution in [1.29, 1.82) is 5.26 Å². The van der Waals surface area contributed by atoms with Gasteiger partial charge in [0, 0.05) is 12.1 Å². The number of benzene rings is 3. The van der Waals surface area contributed by atoms with Crippen molar-refractivity contribution in [3.05, 3.63) is 83.9 Å². The molecule has 7 nitrogen and oxygen atoms in total. The molecule has 3 N–H and O–H groups in total. The van der Waals surface area contributed by atoms with Crippen LogP contribution in [0.5, 0.6) is 11.5 Å². The molecular formula is C25H25N3O4. The smallest absolute Gasteiger partial charge is 0.407 e. The Hall–Kier alpha value is -4.02. The van der Waals surface area contributed by atoms with Crippen molar-refractivity contribution in [1.82, 2.24) is 5.32 Å². The highest BCUT2D eigenvalue weighted by molar-refractivity contribution is 5.73. The summed E-state index contributed by atoms with van der Waals surface area (Å²) in [6.07, 6.45) is -0.512. The summed E-state index contributed by atoms with van der Waals surface area (Å²) in [5.41, 5.74) is 8.55. The Morgan fingerprint density at radius 3 is 2.59 bits per heavy atom. The fourth-order valence-electron chi connectivity index (χ4n) is 2.97. The lowest BCUT2D eigenvalue weighted by Gasteiger charge is -2.14. The molecule has 7 heteroatoms. The predicted molar refractivity (Wildman–Crippen MR) is 121 cm³/mol. The fourth-order valence-corrected chi connectivity index (χ4v) is 2.97. The van der Waals surface area contributed by atoms with Gasteiger partial charge in [-0.15, -0.1) is 0 Å². The summed E-state index contributed by atoms with van der Waals surface area (Å²) in [6, 6.07) is 24.3. The Labute approximate surface area is 187 Å². The zero-order valence-corrected chi connectivity index (χ0v) is 17.6. The van der Waals surface area contributed by atoms with E-state index in [0.29, 0.717) is 30.2 Å². The molecule has 0 aliphatic carbocycles. The topological polar surface area (TPSA) is 107 Å². The van der Waals surface area contributed by atoms with Crippen molar-refractivity contribution in [3.8, 4) is 28.7 Å². The fraction of sp³-hybridized carbons (Fsp3) is 0.200. The first-order valence-corrected chi connectivity index (χ1v) is 10.2. The first-order chi connectivity index (χ1) is 15.7. The van der Waals surface area contributed by atoms with Gasteiger partial charge in [0.1, 0.15) is 31.3 Å². The standard InChI is InChI=1S/C25H25N3O4/c26-11-13-30-22-8-4-7-21(16-22)23-15-20(17-27)9-10-24(23)31-14-12-28-25(29)32-18-19-5-2-1-3-6-19/h1-10,15-16H,11-14,18,26H2,(H,28,29). The molecular weight excluding hydrogens is 406 g/mol. The third-order valence-electron chi connectivity index (χ3n) is 4.48. The van der Waals surface area contributed by atoms with Crippen molar-refractivity contribution in [2.45, 2.75) is 6.61 Å². The molecule has 0 aliphatic heterocycles. The number of amides is 1. The van der Waals surface area contributed by atoms with Crippen molar-refractivity contribution in [2.24, 2.45) is 5.73 Å². The normalized spacial score (nSPS) is 10.1. The number of ether oxygens (including phenoxy) is 3. The van der Waals surface area contributed by atoms with Gasteiger partial charge in [-0.2, -0.15) is 5.26 Å². The highest BCUT2D eigenvalue weighted by atomic mass is 16.5. The number of nitrogens with zero attached hydrogens (tertiary/aromatic N) is 1. The number of hydrogen-bond donors (Lipinski definition) is 2. The molecule has 0 radical (unpaired) electrons. The van der Waals surface area contributed by atoms with E-state index in [0.717, 1.165) is 16.7 Å². The van der Waals surface area contributed by atoms with Gasteiger partial charge in [-0.3, -0.25) is 0 Å². The molecule has 3 rings (SSSR count). The molecule has 0 spiro atoms. The van der Waals surface area contributed by atoms with Gasteiger partial charge in [-0.25, -0.2) is 4.79 Å². The van der Waals surface area contributed by atoms with Crippen LogP contribution in [0.1, 0.15) is 11.1 Å². The van der Waals surface area contributed by atoms with Gasteiger partial charge in [0.25, 0.3) is 0 Å². The van der Waals surface area contributed by atoms with Crippen molar-refractivity contribution in [3.63, 3.8) is 0 Å². The van der Waals surface area contributed by atoms with Crippen molar-refractivity contribution in [2.75, 3.05) is 26.3 Å². The average Bonchev–Trinajstić information content (AvgIpc) is 2.85. The van der Waals surface area contributed by atoms with Gasteiger partial charge in [0.2, 0.25) is 0 Å². The SMILES string of the molecule is N#Cc1ccc(OCCNC(=O)OCc2ccccc2)c(-c2cccc(OCCN)c2)c1. The van der Waals surface area contributed by atoms with E-state index in [9.17, 15) is 10.1 Å². The number of hydrogen-bond acceptors (Lipinski definition) is 6. The molecule has 0 bridgehead atoms. The molecule has 0 fully saturated rings. The zero-order valence-electron chi connectivity index (χ0n) is 17.6. The maximum Gasteiger partial charge on any atom is 0.407 e. The second-order valence-corrected chi connectivity index (χ2v) is 6.82. The molecule has 0 atom stereocenters. The quantitative estimate of drug-likeness (QED) is 0.472. The van der Waals surface area contributed by atoms with E-state index >= 15 is 0 Å². The Kier molecular flexibility index (Phi) is 8.49. The third-order valence-corrected chi connectivity index (χ3v) is 4.48. The zero-order chi connectivity index (χ0) is 22.6. The molecule has 0 saturated heterocycles. The van der Waals surface area contributed by atoms with Crippen LogP contribution in [0.25, 0.3) is 11.1 Å². The second-order valence-electron chi connectivity index (χ2n) is 6.82. The molecule has 3 aromatic rings. The lowest BCUT2D eigenvalue weighted by Crippen LogP contribution is -2.28. The Morgan fingerprint density at radius 1 is 0.969 bits per heavy atom. The van der Waals surface area contributed by atoms with E-state index in [1.54, 1.807) is 18.2 Å². The van der Waals surface area contributed by atoms with Gasteiger partial charge >= 0.3 is 6.09 Å². The van der Waals surface area contributed by atoms with Crippen LogP contribution >= 0.6 is 0 Å².